The minimum Gasteiger partial charge on any atom is -0.496 e. The molecule has 2 saturated heterocycles. The summed E-state index contributed by atoms with van der Waals surface area (Å²) in [5, 5.41) is 3.46. The summed E-state index contributed by atoms with van der Waals surface area (Å²) in [6.45, 7) is 8.56. The number of hydrogen-bond donors (Lipinski definition) is 1. The van der Waals surface area contributed by atoms with E-state index in [0.29, 0.717) is 12.0 Å². The number of likely N-dealkylation sites (tertiary alicyclic amines) is 1. The topological polar surface area (TPSA) is 59.0 Å². The van der Waals surface area contributed by atoms with Crippen molar-refractivity contribution in [1.82, 2.24) is 15.2 Å². The number of rotatable bonds is 3. The molecule has 1 unspecified atom stereocenters. The van der Waals surface area contributed by atoms with Crippen LogP contribution in [0.1, 0.15) is 29.7 Å². The summed E-state index contributed by atoms with van der Waals surface area (Å²) in [7, 11) is 3.55. The van der Waals surface area contributed by atoms with Gasteiger partial charge in [-0.3, -0.25) is 9.98 Å². The standard InChI is InChI=1S/C18H28N4O2/c1-13-9-20-15(14(2)16(13)23-4)10-21-17(19-3)22-7-5-18(11-22)6-8-24-12-18/h9H,5-8,10-12H2,1-4H3,(H,19,21). The molecule has 6 nitrogen and oxygen atoms in total. The Morgan fingerprint density at radius 1 is 1.46 bits per heavy atom. The molecule has 3 heterocycles. The first-order valence-corrected chi connectivity index (χ1v) is 8.61. The van der Waals surface area contributed by atoms with Gasteiger partial charge in [0.15, 0.2) is 5.96 Å². The van der Waals surface area contributed by atoms with E-state index < -0.39 is 0 Å². The van der Waals surface area contributed by atoms with Gasteiger partial charge in [-0.15, -0.1) is 0 Å². The predicted octanol–water partition coefficient (Wildman–Crippen LogP) is 1.89. The number of guanidine groups is 1. The molecule has 24 heavy (non-hydrogen) atoms. The quantitative estimate of drug-likeness (QED) is 0.677. The van der Waals surface area contributed by atoms with Gasteiger partial charge in [-0.25, -0.2) is 0 Å². The van der Waals surface area contributed by atoms with Crippen molar-refractivity contribution in [2.75, 3.05) is 40.5 Å². The van der Waals surface area contributed by atoms with Gasteiger partial charge in [0, 0.05) is 49.5 Å². The molecule has 0 aliphatic carbocycles. The molecule has 1 spiro atoms. The molecule has 0 aromatic carbocycles. The van der Waals surface area contributed by atoms with Gasteiger partial charge in [-0.2, -0.15) is 0 Å². The summed E-state index contributed by atoms with van der Waals surface area (Å²) < 4.78 is 11.1. The van der Waals surface area contributed by atoms with E-state index in [9.17, 15) is 0 Å². The SMILES string of the molecule is CN=C(NCc1ncc(C)c(OC)c1C)N1CCC2(CCOC2)C1. The lowest BCUT2D eigenvalue weighted by atomic mass is 9.87. The first-order valence-electron chi connectivity index (χ1n) is 8.61. The molecular formula is C18H28N4O2. The number of nitrogens with one attached hydrogen (secondary N) is 1. The summed E-state index contributed by atoms with van der Waals surface area (Å²) in [5.41, 5.74) is 3.48. The van der Waals surface area contributed by atoms with E-state index in [2.05, 4.69) is 27.1 Å². The third-order valence-corrected chi connectivity index (χ3v) is 5.30. The Hall–Kier alpha value is -1.82. The molecule has 0 radical (unpaired) electrons. The maximum Gasteiger partial charge on any atom is 0.193 e. The van der Waals surface area contributed by atoms with Crippen molar-refractivity contribution in [1.29, 1.82) is 0 Å². The summed E-state index contributed by atoms with van der Waals surface area (Å²) in [5.74, 6) is 1.86. The molecule has 0 amide bonds. The summed E-state index contributed by atoms with van der Waals surface area (Å²) in [6, 6.07) is 0. The highest BCUT2D eigenvalue weighted by Crippen LogP contribution is 2.38. The first kappa shape index (κ1) is 17.0. The average Bonchev–Trinajstić information content (AvgIpc) is 3.21. The van der Waals surface area contributed by atoms with Crippen LogP contribution in [0.15, 0.2) is 11.2 Å². The molecule has 6 heteroatoms. The fourth-order valence-electron chi connectivity index (χ4n) is 3.83. The Kier molecular flexibility index (Phi) is 4.94. The van der Waals surface area contributed by atoms with Crippen LogP contribution in [0, 0.1) is 19.3 Å². The van der Waals surface area contributed by atoms with Gasteiger partial charge in [0.05, 0.1) is 26.0 Å². The van der Waals surface area contributed by atoms with Crippen LogP contribution in [0.3, 0.4) is 0 Å². The highest BCUT2D eigenvalue weighted by Gasteiger charge is 2.42. The second kappa shape index (κ2) is 6.97. The van der Waals surface area contributed by atoms with Gasteiger partial charge < -0.3 is 19.7 Å². The Bertz CT molecular complexity index is 624. The fourth-order valence-corrected chi connectivity index (χ4v) is 3.83. The second-order valence-corrected chi connectivity index (χ2v) is 6.92. The van der Waals surface area contributed by atoms with Crippen molar-refractivity contribution in [3.05, 3.63) is 23.0 Å². The molecule has 3 rings (SSSR count). The summed E-state index contributed by atoms with van der Waals surface area (Å²) in [4.78, 5) is 11.4. The lowest BCUT2D eigenvalue weighted by Gasteiger charge is -2.25. The van der Waals surface area contributed by atoms with E-state index in [1.807, 2.05) is 20.2 Å². The highest BCUT2D eigenvalue weighted by atomic mass is 16.5. The molecule has 132 valence electrons. The number of aromatic nitrogens is 1. The van der Waals surface area contributed by atoms with Crippen molar-refractivity contribution >= 4 is 5.96 Å². The number of methoxy groups -OCH3 is 1. The first-order chi connectivity index (χ1) is 11.6. The molecule has 1 aromatic rings. The smallest absolute Gasteiger partial charge is 0.193 e. The third-order valence-electron chi connectivity index (χ3n) is 5.30. The molecule has 1 atom stereocenters. The van der Waals surface area contributed by atoms with E-state index in [4.69, 9.17) is 9.47 Å². The van der Waals surface area contributed by atoms with Crippen LogP contribution in [0.5, 0.6) is 5.75 Å². The average molecular weight is 332 g/mol. The Labute approximate surface area is 144 Å². The molecule has 1 aromatic heterocycles. The van der Waals surface area contributed by atoms with Crippen molar-refractivity contribution in [3.63, 3.8) is 0 Å². The molecule has 2 fully saturated rings. The molecule has 0 saturated carbocycles. The number of ether oxygens (including phenoxy) is 2. The molecule has 2 aliphatic heterocycles. The van der Waals surface area contributed by atoms with E-state index in [0.717, 1.165) is 61.3 Å². The van der Waals surface area contributed by atoms with Gasteiger partial charge in [0.25, 0.3) is 0 Å². The van der Waals surface area contributed by atoms with Gasteiger partial charge in [-0.1, -0.05) is 0 Å². The molecule has 0 bridgehead atoms. The summed E-state index contributed by atoms with van der Waals surface area (Å²) >= 11 is 0. The Morgan fingerprint density at radius 2 is 2.29 bits per heavy atom. The second-order valence-electron chi connectivity index (χ2n) is 6.92. The van der Waals surface area contributed by atoms with Crippen molar-refractivity contribution in [3.8, 4) is 5.75 Å². The normalized spacial score (nSPS) is 24.0. The minimum absolute atomic E-state index is 0.332. The van der Waals surface area contributed by atoms with Crippen LogP contribution >= 0.6 is 0 Å². The number of aryl methyl sites for hydroxylation is 1. The number of aliphatic imine (C=N–C) groups is 1. The van der Waals surface area contributed by atoms with Crippen LogP contribution in [0.4, 0.5) is 0 Å². The Balaban J connectivity index is 1.65. The summed E-state index contributed by atoms with van der Waals surface area (Å²) in [6.07, 6.45) is 4.21. The maximum atomic E-state index is 5.61. The van der Waals surface area contributed by atoms with Gasteiger partial charge >= 0.3 is 0 Å². The zero-order valence-corrected chi connectivity index (χ0v) is 15.2. The van der Waals surface area contributed by atoms with E-state index in [1.165, 1.54) is 6.42 Å². The third kappa shape index (κ3) is 3.20. The Morgan fingerprint density at radius 3 is 2.96 bits per heavy atom. The van der Waals surface area contributed by atoms with Crippen LogP contribution < -0.4 is 10.1 Å². The minimum atomic E-state index is 0.332. The van der Waals surface area contributed by atoms with Crippen LogP contribution in [-0.2, 0) is 11.3 Å². The molecule has 1 N–H and O–H groups in total. The van der Waals surface area contributed by atoms with E-state index in [-0.39, 0.29) is 0 Å². The van der Waals surface area contributed by atoms with Crippen molar-refractivity contribution in [2.45, 2.75) is 33.2 Å². The van der Waals surface area contributed by atoms with Gasteiger partial charge in [0.2, 0.25) is 0 Å². The van der Waals surface area contributed by atoms with E-state index >= 15 is 0 Å². The van der Waals surface area contributed by atoms with Crippen LogP contribution in [-0.4, -0.2) is 56.3 Å². The van der Waals surface area contributed by atoms with Crippen molar-refractivity contribution < 1.29 is 9.47 Å². The fraction of sp³-hybridized carbons (Fsp3) is 0.667. The molecule has 2 aliphatic rings. The molecular weight excluding hydrogens is 304 g/mol. The zero-order chi connectivity index (χ0) is 17.2. The number of hydrogen-bond acceptors (Lipinski definition) is 4. The monoisotopic (exact) mass is 332 g/mol. The predicted molar refractivity (Wildman–Crippen MR) is 94.5 cm³/mol. The van der Waals surface area contributed by atoms with Crippen LogP contribution in [0.25, 0.3) is 0 Å². The number of nitrogens with zero attached hydrogens (tertiary/aromatic N) is 3. The lowest BCUT2D eigenvalue weighted by molar-refractivity contribution is 0.156. The maximum absolute atomic E-state index is 5.61. The van der Waals surface area contributed by atoms with Gasteiger partial charge in [-0.05, 0) is 26.7 Å². The van der Waals surface area contributed by atoms with Gasteiger partial charge in [0.1, 0.15) is 5.75 Å². The van der Waals surface area contributed by atoms with Crippen molar-refractivity contribution in [2.24, 2.45) is 10.4 Å². The van der Waals surface area contributed by atoms with Crippen LogP contribution in [0.2, 0.25) is 0 Å². The largest absolute Gasteiger partial charge is 0.496 e. The number of pyridine rings is 1. The zero-order valence-electron chi connectivity index (χ0n) is 15.2. The highest BCUT2D eigenvalue weighted by molar-refractivity contribution is 5.80. The lowest BCUT2D eigenvalue weighted by Crippen LogP contribution is -2.41. The van der Waals surface area contributed by atoms with E-state index in [1.54, 1.807) is 7.11 Å².